The molecule has 1 spiro atoms. The summed E-state index contributed by atoms with van der Waals surface area (Å²) in [6.07, 6.45) is 9.22. The summed E-state index contributed by atoms with van der Waals surface area (Å²) >= 11 is 0. The predicted molar refractivity (Wildman–Crippen MR) is 80.6 cm³/mol. The quantitative estimate of drug-likeness (QED) is 0.685. The Morgan fingerprint density at radius 3 is 2.20 bits per heavy atom. The van der Waals surface area contributed by atoms with Gasteiger partial charge in [-0.2, -0.15) is 0 Å². The van der Waals surface area contributed by atoms with Crippen LogP contribution in [-0.4, -0.2) is 30.5 Å². The van der Waals surface area contributed by atoms with E-state index in [0.717, 1.165) is 25.9 Å². The maximum atomic E-state index is 6.15. The van der Waals surface area contributed by atoms with Crippen LogP contribution in [0.4, 0.5) is 0 Å². The summed E-state index contributed by atoms with van der Waals surface area (Å²) in [5.74, 6) is 0. The molecule has 2 fully saturated rings. The summed E-state index contributed by atoms with van der Waals surface area (Å²) in [5, 5.41) is 0. The van der Waals surface area contributed by atoms with Crippen molar-refractivity contribution in [3.05, 3.63) is 11.5 Å². The van der Waals surface area contributed by atoms with Gasteiger partial charge in [-0.15, -0.1) is 0 Å². The van der Waals surface area contributed by atoms with Gasteiger partial charge < -0.3 is 14.0 Å². The Morgan fingerprint density at radius 2 is 1.70 bits per heavy atom. The third-order valence-electron chi connectivity index (χ3n) is 5.60. The van der Waals surface area contributed by atoms with E-state index in [-0.39, 0.29) is 23.9 Å². The second-order valence-corrected chi connectivity index (χ2v) is 7.56. The molecule has 0 bridgehead atoms. The number of hydrogen-bond donors (Lipinski definition) is 0. The molecule has 0 aromatic rings. The molecule has 2 aliphatic heterocycles. The molecule has 1 unspecified atom stereocenters. The zero-order chi connectivity index (χ0) is 14.4. The third kappa shape index (κ3) is 2.47. The van der Waals surface area contributed by atoms with Gasteiger partial charge in [-0.1, -0.05) is 6.08 Å². The second kappa shape index (κ2) is 4.86. The first-order chi connectivity index (χ1) is 9.34. The van der Waals surface area contributed by atoms with E-state index in [4.69, 9.17) is 14.0 Å². The minimum Gasteiger partial charge on any atom is -0.400 e. The van der Waals surface area contributed by atoms with Crippen molar-refractivity contribution in [3.8, 4) is 0 Å². The standard InChI is InChI=1S/C16H27BO3/c1-14(2)15(3,4)20-17(19-14)13-7-10-16(11-8-13)9-5-6-12-18-16/h7H,5-6,8-12H2,1-4H3. The first-order valence-corrected chi connectivity index (χ1v) is 8.02. The van der Waals surface area contributed by atoms with Gasteiger partial charge in [-0.05, 0) is 71.7 Å². The fourth-order valence-corrected chi connectivity index (χ4v) is 3.37. The summed E-state index contributed by atoms with van der Waals surface area (Å²) in [5.41, 5.74) is 0.943. The molecular weight excluding hydrogens is 251 g/mol. The highest BCUT2D eigenvalue weighted by Crippen LogP contribution is 2.43. The van der Waals surface area contributed by atoms with E-state index in [1.54, 1.807) is 0 Å². The Balaban J connectivity index is 1.68. The molecule has 0 aromatic carbocycles. The Labute approximate surface area is 123 Å². The Hall–Kier alpha value is -0.315. The van der Waals surface area contributed by atoms with E-state index in [2.05, 4.69) is 33.8 Å². The zero-order valence-electron chi connectivity index (χ0n) is 13.3. The maximum Gasteiger partial charge on any atom is 0.490 e. The number of ether oxygens (including phenoxy) is 1. The van der Waals surface area contributed by atoms with Crippen LogP contribution in [0.1, 0.15) is 66.2 Å². The molecule has 2 saturated heterocycles. The van der Waals surface area contributed by atoms with Crippen LogP contribution in [0.3, 0.4) is 0 Å². The molecule has 0 amide bonds. The molecular formula is C16H27BO3. The van der Waals surface area contributed by atoms with Crippen LogP contribution in [0, 0.1) is 0 Å². The molecule has 4 heteroatoms. The maximum absolute atomic E-state index is 6.15. The molecule has 1 atom stereocenters. The van der Waals surface area contributed by atoms with E-state index < -0.39 is 0 Å². The van der Waals surface area contributed by atoms with Crippen molar-refractivity contribution in [2.75, 3.05) is 6.61 Å². The number of hydrogen-bond acceptors (Lipinski definition) is 3. The highest BCUT2D eigenvalue weighted by Gasteiger charge is 2.53. The average Bonchev–Trinajstić information content (AvgIpc) is 2.60. The van der Waals surface area contributed by atoms with Crippen LogP contribution in [0.15, 0.2) is 11.5 Å². The highest BCUT2D eigenvalue weighted by atomic mass is 16.7. The summed E-state index contributed by atoms with van der Waals surface area (Å²) in [6, 6.07) is 0. The van der Waals surface area contributed by atoms with E-state index >= 15 is 0 Å². The fraction of sp³-hybridized carbons (Fsp3) is 0.875. The van der Waals surface area contributed by atoms with Crippen molar-refractivity contribution in [3.63, 3.8) is 0 Å². The fourth-order valence-electron chi connectivity index (χ4n) is 3.37. The van der Waals surface area contributed by atoms with Crippen LogP contribution in [0.25, 0.3) is 0 Å². The number of allylic oxidation sites excluding steroid dienone is 1. The predicted octanol–water partition coefficient (Wildman–Crippen LogP) is 3.67. The lowest BCUT2D eigenvalue weighted by Crippen LogP contribution is -2.41. The topological polar surface area (TPSA) is 27.7 Å². The lowest BCUT2D eigenvalue weighted by molar-refractivity contribution is -0.0835. The summed E-state index contributed by atoms with van der Waals surface area (Å²) in [7, 11) is -0.166. The van der Waals surface area contributed by atoms with Crippen molar-refractivity contribution < 1.29 is 14.0 Å². The molecule has 0 radical (unpaired) electrons. The molecule has 3 rings (SSSR count). The minimum absolute atomic E-state index is 0.116. The van der Waals surface area contributed by atoms with Gasteiger partial charge in [0.15, 0.2) is 0 Å². The molecule has 20 heavy (non-hydrogen) atoms. The lowest BCUT2D eigenvalue weighted by Gasteiger charge is -2.39. The largest absolute Gasteiger partial charge is 0.490 e. The zero-order valence-corrected chi connectivity index (χ0v) is 13.3. The highest BCUT2D eigenvalue weighted by molar-refractivity contribution is 6.54. The second-order valence-electron chi connectivity index (χ2n) is 7.56. The smallest absolute Gasteiger partial charge is 0.400 e. The van der Waals surface area contributed by atoms with Crippen molar-refractivity contribution in [1.29, 1.82) is 0 Å². The van der Waals surface area contributed by atoms with E-state index in [1.165, 1.54) is 24.7 Å². The monoisotopic (exact) mass is 278 g/mol. The van der Waals surface area contributed by atoms with Crippen LogP contribution in [0.5, 0.6) is 0 Å². The van der Waals surface area contributed by atoms with Gasteiger partial charge in [-0.25, -0.2) is 0 Å². The van der Waals surface area contributed by atoms with Gasteiger partial charge in [0.05, 0.1) is 16.8 Å². The first-order valence-electron chi connectivity index (χ1n) is 8.02. The van der Waals surface area contributed by atoms with Crippen molar-refractivity contribution in [1.82, 2.24) is 0 Å². The van der Waals surface area contributed by atoms with E-state index in [0.29, 0.717) is 0 Å². The molecule has 0 saturated carbocycles. The SMILES string of the molecule is CC1(C)OB(C2=CCC3(CCCCO3)CC2)OC1(C)C. The van der Waals surface area contributed by atoms with Crippen LogP contribution >= 0.6 is 0 Å². The van der Waals surface area contributed by atoms with Crippen molar-refractivity contribution >= 4 is 7.12 Å². The van der Waals surface area contributed by atoms with Crippen LogP contribution in [-0.2, 0) is 14.0 Å². The lowest BCUT2D eigenvalue weighted by atomic mass is 9.68. The third-order valence-corrected chi connectivity index (χ3v) is 5.60. The molecule has 0 N–H and O–H groups in total. The number of rotatable bonds is 1. The van der Waals surface area contributed by atoms with E-state index in [1.807, 2.05) is 0 Å². The Kier molecular flexibility index (Phi) is 3.55. The van der Waals surface area contributed by atoms with Gasteiger partial charge in [0.1, 0.15) is 0 Å². The van der Waals surface area contributed by atoms with Gasteiger partial charge in [0.2, 0.25) is 0 Å². The molecule has 1 aliphatic carbocycles. The van der Waals surface area contributed by atoms with Crippen LogP contribution < -0.4 is 0 Å². The average molecular weight is 278 g/mol. The molecule has 112 valence electrons. The molecule has 2 heterocycles. The summed E-state index contributed by atoms with van der Waals surface area (Å²) < 4.78 is 18.4. The van der Waals surface area contributed by atoms with Crippen molar-refractivity contribution in [2.24, 2.45) is 0 Å². The van der Waals surface area contributed by atoms with Gasteiger partial charge in [0, 0.05) is 6.61 Å². The normalized spacial score (nSPS) is 36.2. The molecule has 3 nitrogen and oxygen atoms in total. The summed E-state index contributed by atoms with van der Waals surface area (Å²) in [4.78, 5) is 0. The first kappa shape index (κ1) is 14.6. The van der Waals surface area contributed by atoms with Crippen molar-refractivity contribution in [2.45, 2.75) is 83.0 Å². The van der Waals surface area contributed by atoms with Gasteiger partial charge in [-0.3, -0.25) is 0 Å². The van der Waals surface area contributed by atoms with Gasteiger partial charge in [0.25, 0.3) is 0 Å². The molecule has 3 aliphatic rings. The minimum atomic E-state index is -0.241. The Morgan fingerprint density at radius 1 is 1.00 bits per heavy atom. The van der Waals surface area contributed by atoms with Gasteiger partial charge >= 0.3 is 7.12 Å². The Bertz CT molecular complexity index is 392. The van der Waals surface area contributed by atoms with Crippen LogP contribution in [0.2, 0.25) is 0 Å². The molecule has 0 aromatic heterocycles. The summed E-state index contributed by atoms with van der Waals surface area (Å²) in [6.45, 7) is 9.38. The van der Waals surface area contributed by atoms with E-state index in [9.17, 15) is 0 Å².